The smallest absolute Gasteiger partial charge is 0.232 e. The van der Waals surface area contributed by atoms with E-state index in [0.717, 1.165) is 17.1 Å². The van der Waals surface area contributed by atoms with Crippen LogP contribution >= 0.6 is 0 Å². The maximum absolute atomic E-state index is 12.9. The molecule has 2 amide bonds. The molecule has 0 aliphatic carbocycles. The average molecular weight is 338 g/mol. The van der Waals surface area contributed by atoms with Gasteiger partial charge >= 0.3 is 0 Å². The van der Waals surface area contributed by atoms with Crippen LogP contribution in [0.5, 0.6) is 5.75 Å². The maximum atomic E-state index is 12.9. The predicted octanol–water partition coefficient (Wildman–Crippen LogP) is 3.10. The van der Waals surface area contributed by atoms with E-state index in [9.17, 15) is 9.59 Å². The van der Waals surface area contributed by atoms with Crippen LogP contribution in [0.25, 0.3) is 0 Å². The number of methoxy groups -OCH3 is 1. The summed E-state index contributed by atoms with van der Waals surface area (Å²) in [6, 6.07) is 16.9. The van der Waals surface area contributed by atoms with Crippen molar-refractivity contribution >= 4 is 23.2 Å². The maximum Gasteiger partial charge on any atom is 0.232 e. The van der Waals surface area contributed by atoms with Gasteiger partial charge in [0.25, 0.3) is 0 Å². The minimum Gasteiger partial charge on any atom is -0.497 e. The lowest BCUT2D eigenvalue weighted by Crippen LogP contribution is -2.37. The lowest BCUT2D eigenvalue weighted by Gasteiger charge is -2.24. The molecule has 3 rings (SSSR count). The van der Waals surface area contributed by atoms with Crippen molar-refractivity contribution in [1.29, 1.82) is 0 Å². The first-order chi connectivity index (χ1) is 12.1. The fraction of sp³-hybridized carbons (Fsp3) is 0.300. The van der Waals surface area contributed by atoms with Crippen molar-refractivity contribution in [2.24, 2.45) is 5.92 Å². The molecule has 2 aromatic carbocycles. The van der Waals surface area contributed by atoms with E-state index < -0.39 is 0 Å². The molecule has 0 radical (unpaired) electrons. The van der Waals surface area contributed by atoms with E-state index in [0.29, 0.717) is 13.1 Å². The van der Waals surface area contributed by atoms with Gasteiger partial charge in [-0.3, -0.25) is 9.59 Å². The lowest BCUT2D eigenvalue weighted by molar-refractivity contribution is -0.124. The zero-order valence-corrected chi connectivity index (χ0v) is 14.5. The second-order valence-electron chi connectivity index (χ2n) is 6.02. The largest absolute Gasteiger partial charge is 0.497 e. The molecule has 0 bridgehead atoms. The zero-order valence-electron chi connectivity index (χ0n) is 14.5. The van der Waals surface area contributed by atoms with Crippen molar-refractivity contribution in [2.75, 3.05) is 30.0 Å². The molecule has 1 aliphatic rings. The van der Waals surface area contributed by atoms with Crippen LogP contribution in [0.4, 0.5) is 11.4 Å². The molecule has 1 fully saturated rings. The molecular formula is C20H22N2O3. The van der Waals surface area contributed by atoms with Crippen LogP contribution in [-0.4, -0.2) is 32.0 Å². The van der Waals surface area contributed by atoms with Crippen molar-refractivity contribution < 1.29 is 14.3 Å². The Balaban J connectivity index is 1.75. The molecule has 0 aromatic heterocycles. The summed E-state index contributed by atoms with van der Waals surface area (Å²) in [4.78, 5) is 28.8. The van der Waals surface area contributed by atoms with Crippen LogP contribution in [0, 0.1) is 5.92 Å². The van der Waals surface area contributed by atoms with E-state index in [1.807, 2.05) is 61.5 Å². The molecule has 5 nitrogen and oxygen atoms in total. The molecule has 0 spiro atoms. The molecule has 0 N–H and O–H groups in total. The Morgan fingerprint density at radius 1 is 1.16 bits per heavy atom. The van der Waals surface area contributed by atoms with Gasteiger partial charge in [0.15, 0.2) is 0 Å². The standard InChI is InChI=1S/C20H22N2O3/c1-3-21(16-7-5-4-6-8-16)20(24)15-13-19(23)22(14-15)17-9-11-18(25-2)12-10-17/h4-12,15H,3,13-14H2,1-2H3. The Morgan fingerprint density at radius 3 is 2.44 bits per heavy atom. The minimum absolute atomic E-state index is 0.00179. The molecular weight excluding hydrogens is 316 g/mol. The number of para-hydroxylation sites is 1. The molecule has 1 heterocycles. The van der Waals surface area contributed by atoms with Crippen molar-refractivity contribution in [3.8, 4) is 5.75 Å². The Labute approximate surface area is 147 Å². The zero-order chi connectivity index (χ0) is 17.8. The summed E-state index contributed by atoms with van der Waals surface area (Å²) in [7, 11) is 1.60. The van der Waals surface area contributed by atoms with Crippen molar-refractivity contribution in [3.05, 3.63) is 54.6 Å². The second-order valence-corrected chi connectivity index (χ2v) is 6.02. The number of ether oxygens (including phenoxy) is 1. The highest BCUT2D eigenvalue weighted by atomic mass is 16.5. The Kier molecular flexibility index (Phi) is 5.03. The molecule has 0 saturated carbocycles. The summed E-state index contributed by atoms with van der Waals surface area (Å²) in [5, 5.41) is 0. The molecule has 1 saturated heterocycles. The van der Waals surface area contributed by atoms with Crippen molar-refractivity contribution in [2.45, 2.75) is 13.3 Å². The van der Waals surface area contributed by atoms with Crippen LogP contribution in [0.3, 0.4) is 0 Å². The van der Waals surface area contributed by atoms with Gasteiger partial charge in [0.2, 0.25) is 11.8 Å². The predicted molar refractivity (Wildman–Crippen MR) is 97.9 cm³/mol. The summed E-state index contributed by atoms with van der Waals surface area (Å²) in [6.45, 7) is 2.94. The summed E-state index contributed by atoms with van der Waals surface area (Å²) in [5.74, 6) is 0.393. The minimum atomic E-state index is -0.324. The van der Waals surface area contributed by atoms with Crippen molar-refractivity contribution in [3.63, 3.8) is 0 Å². The Bertz CT molecular complexity index is 743. The van der Waals surface area contributed by atoms with Gasteiger partial charge in [-0.15, -0.1) is 0 Å². The van der Waals surface area contributed by atoms with Crippen LogP contribution in [0.2, 0.25) is 0 Å². The molecule has 130 valence electrons. The number of carbonyl (C=O) groups excluding carboxylic acids is 2. The molecule has 2 aromatic rings. The first kappa shape index (κ1) is 17.0. The van der Waals surface area contributed by atoms with Gasteiger partial charge in [-0.05, 0) is 43.3 Å². The highest BCUT2D eigenvalue weighted by molar-refractivity contribution is 6.04. The number of amides is 2. The molecule has 1 atom stereocenters. The highest BCUT2D eigenvalue weighted by Crippen LogP contribution is 2.29. The molecule has 5 heteroatoms. The first-order valence-electron chi connectivity index (χ1n) is 8.45. The monoisotopic (exact) mass is 338 g/mol. The van der Waals surface area contributed by atoms with Crippen molar-refractivity contribution in [1.82, 2.24) is 0 Å². The number of hydrogen-bond donors (Lipinski definition) is 0. The topological polar surface area (TPSA) is 49.9 Å². The highest BCUT2D eigenvalue weighted by Gasteiger charge is 2.37. The number of nitrogens with zero attached hydrogens (tertiary/aromatic N) is 2. The van der Waals surface area contributed by atoms with Crippen LogP contribution in [0.1, 0.15) is 13.3 Å². The number of hydrogen-bond acceptors (Lipinski definition) is 3. The van der Waals surface area contributed by atoms with E-state index >= 15 is 0 Å². The fourth-order valence-corrected chi connectivity index (χ4v) is 3.18. The van der Waals surface area contributed by atoms with Gasteiger partial charge in [0.1, 0.15) is 5.75 Å². The van der Waals surface area contributed by atoms with Gasteiger partial charge in [0.05, 0.1) is 13.0 Å². The third-order valence-electron chi connectivity index (χ3n) is 4.51. The second kappa shape index (κ2) is 7.38. The lowest BCUT2D eigenvalue weighted by atomic mass is 10.1. The summed E-state index contributed by atoms with van der Waals surface area (Å²) in [6.07, 6.45) is 0.244. The molecule has 25 heavy (non-hydrogen) atoms. The van der Waals surface area contributed by atoms with E-state index in [1.165, 1.54) is 0 Å². The van der Waals surface area contributed by atoms with Gasteiger partial charge in [0, 0.05) is 30.9 Å². The van der Waals surface area contributed by atoms with Gasteiger partial charge in [-0.2, -0.15) is 0 Å². The van der Waals surface area contributed by atoms with E-state index in [2.05, 4.69) is 0 Å². The average Bonchev–Trinajstić information content (AvgIpc) is 3.05. The van der Waals surface area contributed by atoms with Crippen LogP contribution in [-0.2, 0) is 9.59 Å². The number of benzene rings is 2. The van der Waals surface area contributed by atoms with E-state index in [-0.39, 0.29) is 24.2 Å². The third-order valence-corrected chi connectivity index (χ3v) is 4.51. The molecule has 1 unspecified atom stereocenters. The van der Waals surface area contributed by atoms with E-state index in [1.54, 1.807) is 16.9 Å². The number of carbonyl (C=O) groups is 2. The quantitative estimate of drug-likeness (QED) is 0.842. The summed E-state index contributed by atoms with van der Waals surface area (Å²) >= 11 is 0. The SMILES string of the molecule is CCN(C(=O)C1CC(=O)N(c2ccc(OC)cc2)C1)c1ccccc1. The van der Waals surface area contributed by atoms with Gasteiger partial charge < -0.3 is 14.5 Å². The normalized spacial score (nSPS) is 16.8. The van der Waals surface area contributed by atoms with Gasteiger partial charge in [-0.25, -0.2) is 0 Å². The first-order valence-corrected chi connectivity index (χ1v) is 8.45. The van der Waals surface area contributed by atoms with Crippen LogP contribution in [0.15, 0.2) is 54.6 Å². The Hall–Kier alpha value is -2.82. The van der Waals surface area contributed by atoms with E-state index in [4.69, 9.17) is 4.74 Å². The Morgan fingerprint density at radius 2 is 1.84 bits per heavy atom. The molecule has 1 aliphatic heterocycles. The number of rotatable bonds is 5. The summed E-state index contributed by atoms with van der Waals surface area (Å²) in [5.41, 5.74) is 1.66. The fourth-order valence-electron chi connectivity index (χ4n) is 3.18. The van der Waals surface area contributed by atoms with Gasteiger partial charge in [-0.1, -0.05) is 18.2 Å². The summed E-state index contributed by atoms with van der Waals surface area (Å²) < 4.78 is 5.15. The van der Waals surface area contributed by atoms with Crippen LogP contribution < -0.4 is 14.5 Å². The third kappa shape index (κ3) is 3.50. The number of anilines is 2.